The van der Waals surface area contributed by atoms with Crippen molar-refractivity contribution in [2.45, 2.75) is 19.8 Å². The van der Waals surface area contributed by atoms with Gasteiger partial charge in [-0.3, -0.25) is 14.6 Å². The molecule has 0 radical (unpaired) electrons. The molecule has 1 N–H and O–H groups in total. The highest BCUT2D eigenvalue weighted by atomic mass is 16.3. The fourth-order valence-electron chi connectivity index (χ4n) is 3.05. The van der Waals surface area contributed by atoms with Crippen LogP contribution in [-0.4, -0.2) is 27.5 Å². The number of allylic oxidation sites excluding steroid dienone is 1. The molecule has 3 rings (SSSR count). The fraction of sp³-hybridized carbons (Fsp3) is 0.333. The molecule has 0 unspecified atom stereocenters. The van der Waals surface area contributed by atoms with E-state index in [1.54, 1.807) is 18.7 Å². The van der Waals surface area contributed by atoms with Crippen molar-refractivity contribution in [3.63, 3.8) is 0 Å². The number of aromatic nitrogens is 2. The minimum atomic E-state index is 0.199. The molecule has 2 heterocycles. The Morgan fingerprint density at radius 2 is 2.04 bits per heavy atom. The Morgan fingerprint density at radius 1 is 1.26 bits per heavy atom. The lowest BCUT2D eigenvalue weighted by atomic mass is 10.0. The third-order valence-corrected chi connectivity index (χ3v) is 4.25. The molecule has 5 nitrogen and oxygen atoms in total. The summed E-state index contributed by atoms with van der Waals surface area (Å²) in [6.07, 6.45) is 6.01. The van der Waals surface area contributed by atoms with E-state index in [0.29, 0.717) is 5.62 Å². The Balaban J connectivity index is 2.07. The SMILES string of the molecule is CCCc1ccc2c(c1)N=C/C2=C\c1c(O)n(C)c(=NC)n1C. The molecule has 0 aliphatic carbocycles. The molecule has 2 aromatic rings. The molecular weight excluding hydrogens is 288 g/mol. The number of fused-ring (bicyclic) bond motifs is 1. The van der Waals surface area contributed by atoms with Gasteiger partial charge in [-0.15, -0.1) is 0 Å². The Kier molecular flexibility index (Phi) is 3.94. The lowest BCUT2D eigenvalue weighted by Crippen LogP contribution is -2.22. The predicted octanol–water partition coefficient (Wildman–Crippen LogP) is 2.81. The molecule has 1 aromatic carbocycles. The van der Waals surface area contributed by atoms with Crippen LogP contribution in [0.5, 0.6) is 5.88 Å². The zero-order valence-corrected chi connectivity index (χ0v) is 14.0. The summed E-state index contributed by atoms with van der Waals surface area (Å²) in [6.45, 7) is 2.18. The van der Waals surface area contributed by atoms with E-state index in [9.17, 15) is 5.11 Å². The van der Waals surface area contributed by atoms with Crippen LogP contribution in [0.15, 0.2) is 28.2 Å². The molecular formula is C18H22N4O. The summed E-state index contributed by atoms with van der Waals surface area (Å²) in [5.41, 5.74) is 5.85. The van der Waals surface area contributed by atoms with E-state index in [4.69, 9.17) is 0 Å². The second kappa shape index (κ2) is 5.91. The van der Waals surface area contributed by atoms with Gasteiger partial charge in [-0.05, 0) is 24.1 Å². The van der Waals surface area contributed by atoms with Gasteiger partial charge in [0, 0.05) is 38.5 Å². The number of hydrogen-bond acceptors (Lipinski definition) is 3. The minimum Gasteiger partial charge on any atom is -0.493 e. The number of aromatic hydroxyl groups is 1. The van der Waals surface area contributed by atoms with Gasteiger partial charge in [-0.25, -0.2) is 0 Å². The van der Waals surface area contributed by atoms with Crippen LogP contribution in [0.1, 0.15) is 30.2 Å². The van der Waals surface area contributed by atoms with Gasteiger partial charge in [0.1, 0.15) is 5.69 Å². The van der Waals surface area contributed by atoms with E-state index < -0.39 is 0 Å². The van der Waals surface area contributed by atoms with Crippen molar-refractivity contribution < 1.29 is 5.11 Å². The predicted molar refractivity (Wildman–Crippen MR) is 94.0 cm³/mol. The fourth-order valence-corrected chi connectivity index (χ4v) is 3.05. The van der Waals surface area contributed by atoms with Crippen molar-refractivity contribution in [1.82, 2.24) is 9.13 Å². The first kappa shape index (κ1) is 15.3. The Labute approximate surface area is 136 Å². The van der Waals surface area contributed by atoms with Crippen LogP contribution in [0.2, 0.25) is 0 Å². The van der Waals surface area contributed by atoms with Gasteiger partial charge in [0.05, 0.1) is 5.69 Å². The first-order chi connectivity index (χ1) is 11.1. The third kappa shape index (κ3) is 2.52. The lowest BCUT2D eigenvalue weighted by Gasteiger charge is -2.04. The number of aliphatic imine (C=N–C) groups is 1. The van der Waals surface area contributed by atoms with Gasteiger partial charge in [0.25, 0.3) is 0 Å². The van der Waals surface area contributed by atoms with Crippen LogP contribution in [0.3, 0.4) is 0 Å². The standard InChI is InChI=1S/C18H22N4O/c1-5-6-12-7-8-14-13(11-20-15(14)9-12)10-16-17(23)22(4)18(19-2)21(16)3/h7-11,23H,5-6H2,1-4H3/b13-10+,19-18?. The molecule has 0 fully saturated rings. The maximum atomic E-state index is 10.3. The Hall–Kier alpha value is -2.56. The van der Waals surface area contributed by atoms with Gasteiger partial charge in [0.2, 0.25) is 11.5 Å². The van der Waals surface area contributed by atoms with Crippen LogP contribution in [-0.2, 0) is 20.5 Å². The van der Waals surface area contributed by atoms with Crippen LogP contribution in [0.4, 0.5) is 5.69 Å². The summed E-state index contributed by atoms with van der Waals surface area (Å²) in [5.74, 6) is 0.199. The minimum absolute atomic E-state index is 0.199. The molecule has 0 saturated carbocycles. The second-order valence-corrected chi connectivity index (χ2v) is 5.81. The van der Waals surface area contributed by atoms with Gasteiger partial charge in [-0.1, -0.05) is 25.5 Å². The highest BCUT2D eigenvalue weighted by molar-refractivity contribution is 6.21. The number of benzene rings is 1. The van der Waals surface area contributed by atoms with Crippen LogP contribution >= 0.6 is 0 Å². The summed E-state index contributed by atoms with van der Waals surface area (Å²) in [4.78, 5) is 8.72. The summed E-state index contributed by atoms with van der Waals surface area (Å²) in [6, 6.07) is 6.42. The quantitative estimate of drug-likeness (QED) is 0.931. The van der Waals surface area contributed by atoms with Crippen molar-refractivity contribution in [1.29, 1.82) is 0 Å². The van der Waals surface area contributed by atoms with E-state index in [1.807, 2.05) is 23.9 Å². The number of aryl methyl sites for hydroxylation is 1. The van der Waals surface area contributed by atoms with Crippen molar-refractivity contribution >= 4 is 23.6 Å². The summed E-state index contributed by atoms with van der Waals surface area (Å²) >= 11 is 0. The van der Waals surface area contributed by atoms with Crippen molar-refractivity contribution in [3.8, 4) is 5.88 Å². The van der Waals surface area contributed by atoms with E-state index in [0.717, 1.165) is 35.4 Å². The first-order valence-corrected chi connectivity index (χ1v) is 7.83. The normalized spacial score (nSPS) is 15.7. The Morgan fingerprint density at radius 3 is 2.70 bits per heavy atom. The summed E-state index contributed by atoms with van der Waals surface area (Å²) in [5, 5.41) is 10.3. The Bertz CT molecular complexity index is 881. The van der Waals surface area contributed by atoms with Crippen LogP contribution in [0, 0.1) is 0 Å². The summed E-state index contributed by atoms with van der Waals surface area (Å²) < 4.78 is 3.55. The zero-order chi connectivity index (χ0) is 16.6. The molecule has 23 heavy (non-hydrogen) atoms. The van der Waals surface area contributed by atoms with E-state index >= 15 is 0 Å². The third-order valence-electron chi connectivity index (χ3n) is 4.25. The van der Waals surface area contributed by atoms with Crippen molar-refractivity contribution in [2.75, 3.05) is 7.05 Å². The average Bonchev–Trinajstić information content (AvgIpc) is 3.02. The maximum absolute atomic E-state index is 10.3. The molecule has 120 valence electrons. The van der Waals surface area contributed by atoms with E-state index in [2.05, 4.69) is 35.1 Å². The van der Waals surface area contributed by atoms with Crippen molar-refractivity contribution in [2.24, 2.45) is 24.1 Å². The topological polar surface area (TPSA) is 54.8 Å². The smallest absolute Gasteiger partial charge is 0.218 e. The van der Waals surface area contributed by atoms with Gasteiger partial charge in [-0.2, -0.15) is 0 Å². The number of rotatable bonds is 3. The average molecular weight is 310 g/mol. The molecule has 1 aliphatic rings. The van der Waals surface area contributed by atoms with Crippen LogP contribution < -0.4 is 5.62 Å². The van der Waals surface area contributed by atoms with Gasteiger partial charge >= 0.3 is 0 Å². The van der Waals surface area contributed by atoms with Crippen LogP contribution in [0.25, 0.3) is 11.6 Å². The molecule has 0 saturated heterocycles. The molecule has 1 aliphatic heterocycles. The maximum Gasteiger partial charge on any atom is 0.218 e. The number of nitrogens with zero attached hydrogens (tertiary/aromatic N) is 4. The zero-order valence-electron chi connectivity index (χ0n) is 14.0. The number of hydrogen-bond donors (Lipinski definition) is 1. The molecule has 1 aromatic heterocycles. The number of imidazole rings is 1. The second-order valence-electron chi connectivity index (χ2n) is 5.81. The van der Waals surface area contributed by atoms with Gasteiger partial charge < -0.3 is 9.67 Å². The van der Waals surface area contributed by atoms with E-state index in [-0.39, 0.29) is 5.88 Å². The highest BCUT2D eigenvalue weighted by Gasteiger charge is 2.16. The lowest BCUT2D eigenvalue weighted by molar-refractivity contribution is 0.427. The molecule has 0 atom stereocenters. The van der Waals surface area contributed by atoms with E-state index in [1.165, 1.54) is 5.56 Å². The molecule has 0 spiro atoms. The molecule has 0 bridgehead atoms. The first-order valence-electron chi connectivity index (χ1n) is 7.83. The molecule has 0 amide bonds. The largest absolute Gasteiger partial charge is 0.493 e. The van der Waals surface area contributed by atoms with Gasteiger partial charge in [0.15, 0.2) is 0 Å². The van der Waals surface area contributed by atoms with Crippen molar-refractivity contribution in [3.05, 3.63) is 40.6 Å². The summed E-state index contributed by atoms with van der Waals surface area (Å²) in [7, 11) is 5.41. The monoisotopic (exact) mass is 310 g/mol. The highest BCUT2D eigenvalue weighted by Crippen LogP contribution is 2.34. The molecule has 5 heteroatoms.